The van der Waals surface area contributed by atoms with Gasteiger partial charge in [-0.3, -0.25) is 19.7 Å². The molecule has 0 fully saturated rings. The first-order valence-corrected chi connectivity index (χ1v) is 8.45. The minimum absolute atomic E-state index is 0.0506. The second kappa shape index (κ2) is 6.94. The molecule has 4 heterocycles. The van der Waals surface area contributed by atoms with Gasteiger partial charge >= 0.3 is 0 Å². The number of aromatic nitrogens is 4. The Hall–Kier alpha value is -2.86. The van der Waals surface area contributed by atoms with Crippen molar-refractivity contribution in [3.05, 3.63) is 76.1 Å². The van der Waals surface area contributed by atoms with Gasteiger partial charge in [-0.1, -0.05) is 12.1 Å². The highest BCUT2D eigenvalue weighted by atomic mass is 16.1. The number of rotatable bonds is 3. The molecule has 0 bridgehead atoms. The highest BCUT2D eigenvalue weighted by Gasteiger charge is 2.19. The molecule has 0 atom stereocenters. The van der Waals surface area contributed by atoms with E-state index in [1.807, 2.05) is 42.6 Å². The smallest absolute Gasteiger partial charge is 0.254 e. The number of H-pyrrole nitrogens is 1. The maximum Gasteiger partial charge on any atom is 0.254 e. The predicted octanol–water partition coefficient (Wildman–Crippen LogP) is 1.83. The Labute approximate surface area is 145 Å². The summed E-state index contributed by atoms with van der Waals surface area (Å²) in [6.45, 7) is 2.48. The number of hydrogen-bond acceptors (Lipinski definition) is 5. The molecule has 4 rings (SSSR count). The van der Waals surface area contributed by atoms with E-state index in [1.54, 1.807) is 6.20 Å². The summed E-state index contributed by atoms with van der Waals surface area (Å²) in [5.41, 5.74) is 3.36. The molecule has 25 heavy (non-hydrogen) atoms. The van der Waals surface area contributed by atoms with Crippen molar-refractivity contribution in [3.8, 4) is 11.5 Å². The SMILES string of the molecule is O=c1[nH]c(-c2ccccn2)nc2c1CCN(Cc1ccccn1)CC2. The number of nitrogens with one attached hydrogen (secondary N) is 1. The van der Waals surface area contributed by atoms with Gasteiger partial charge < -0.3 is 4.98 Å². The number of nitrogens with zero attached hydrogens (tertiary/aromatic N) is 4. The van der Waals surface area contributed by atoms with Gasteiger partial charge in [0, 0.05) is 44.0 Å². The minimum atomic E-state index is -0.0506. The van der Waals surface area contributed by atoms with Gasteiger partial charge in [-0.15, -0.1) is 0 Å². The van der Waals surface area contributed by atoms with E-state index in [0.717, 1.165) is 43.0 Å². The summed E-state index contributed by atoms with van der Waals surface area (Å²) in [7, 11) is 0. The fraction of sp³-hybridized carbons (Fsp3) is 0.263. The molecule has 3 aromatic heterocycles. The zero-order valence-electron chi connectivity index (χ0n) is 13.9. The molecule has 6 nitrogen and oxygen atoms in total. The Morgan fingerprint density at radius 2 is 1.80 bits per heavy atom. The van der Waals surface area contributed by atoms with E-state index in [0.29, 0.717) is 17.9 Å². The normalized spacial score (nSPS) is 14.7. The summed E-state index contributed by atoms with van der Waals surface area (Å²) in [6, 6.07) is 11.5. The molecule has 1 aliphatic heterocycles. The topological polar surface area (TPSA) is 74.8 Å². The molecular weight excluding hydrogens is 314 g/mol. The van der Waals surface area contributed by atoms with Crippen LogP contribution in [0.5, 0.6) is 0 Å². The zero-order valence-corrected chi connectivity index (χ0v) is 13.9. The lowest BCUT2D eigenvalue weighted by Gasteiger charge is -2.18. The standard InChI is InChI=1S/C19H19N5O/c25-19-15-7-11-24(13-14-5-1-3-9-20-14)12-8-16(15)22-18(23-19)17-6-2-4-10-21-17/h1-6,9-10H,7-8,11-13H2,(H,22,23,25). The quantitative estimate of drug-likeness (QED) is 0.791. The third kappa shape index (κ3) is 3.49. The lowest BCUT2D eigenvalue weighted by atomic mass is 10.1. The molecule has 0 saturated carbocycles. The lowest BCUT2D eigenvalue weighted by Crippen LogP contribution is -2.26. The molecule has 3 aromatic rings. The third-order valence-electron chi connectivity index (χ3n) is 4.46. The number of fused-ring (bicyclic) bond motifs is 1. The molecule has 126 valence electrons. The van der Waals surface area contributed by atoms with E-state index in [-0.39, 0.29) is 5.56 Å². The van der Waals surface area contributed by atoms with Gasteiger partial charge in [0.2, 0.25) is 0 Å². The molecule has 0 amide bonds. The summed E-state index contributed by atoms with van der Waals surface area (Å²) >= 11 is 0. The zero-order chi connectivity index (χ0) is 17.1. The van der Waals surface area contributed by atoms with Crippen LogP contribution in [0, 0.1) is 0 Å². The van der Waals surface area contributed by atoms with E-state index in [2.05, 4.69) is 24.8 Å². The molecule has 0 unspecified atom stereocenters. The first-order chi connectivity index (χ1) is 12.3. The Morgan fingerprint density at radius 1 is 1.00 bits per heavy atom. The van der Waals surface area contributed by atoms with E-state index in [9.17, 15) is 4.79 Å². The average Bonchev–Trinajstić information content (AvgIpc) is 2.86. The molecule has 0 spiro atoms. The van der Waals surface area contributed by atoms with Gasteiger partial charge in [0.15, 0.2) is 5.82 Å². The van der Waals surface area contributed by atoms with Crippen LogP contribution in [0.1, 0.15) is 17.0 Å². The minimum Gasteiger partial charge on any atom is -0.305 e. The fourth-order valence-corrected chi connectivity index (χ4v) is 3.16. The summed E-state index contributed by atoms with van der Waals surface area (Å²) in [5, 5.41) is 0. The van der Waals surface area contributed by atoms with Gasteiger partial charge in [0.25, 0.3) is 5.56 Å². The number of aromatic amines is 1. The lowest BCUT2D eigenvalue weighted by molar-refractivity contribution is 0.275. The monoisotopic (exact) mass is 333 g/mol. The van der Waals surface area contributed by atoms with Crippen molar-refractivity contribution < 1.29 is 0 Å². The van der Waals surface area contributed by atoms with Gasteiger partial charge in [0.1, 0.15) is 5.69 Å². The molecule has 1 N–H and O–H groups in total. The van der Waals surface area contributed by atoms with Crippen LogP contribution >= 0.6 is 0 Å². The maximum atomic E-state index is 12.5. The van der Waals surface area contributed by atoms with Gasteiger partial charge in [-0.25, -0.2) is 4.98 Å². The highest BCUT2D eigenvalue weighted by molar-refractivity contribution is 5.49. The predicted molar refractivity (Wildman–Crippen MR) is 95.0 cm³/mol. The van der Waals surface area contributed by atoms with Crippen molar-refractivity contribution in [2.75, 3.05) is 13.1 Å². The van der Waals surface area contributed by atoms with Crippen molar-refractivity contribution in [3.63, 3.8) is 0 Å². The van der Waals surface area contributed by atoms with E-state index >= 15 is 0 Å². The largest absolute Gasteiger partial charge is 0.305 e. The highest BCUT2D eigenvalue weighted by Crippen LogP contribution is 2.16. The second-order valence-electron chi connectivity index (χ2n) is 6.15. The van der Waals surface area contributed by atoms with Crippen LogP contribution in [0.25, 0.3) is 11.5 Å². The summed E-state index contributed by atoms with van der Waals surface area (Å²) < 4.78 is 0. The van der Waals surface area contributed by atoms with Crippen LogP contribution in [-0.2, 0) is 19.4 Å². The van der Waals surface area contributed by atoms with Crippen LogP contribution in [0.2, 0.25) is 0 Å². The van der Waals surface area contributed by atoms with Crippen LogP contribution in [0.15, 0.2) is 53.6 Å². The van der Waals surface area contributed by atoms with E-state index in [1.165, 1.54) is 0 Å². The van der Waals surface area contributed by atoms with Crippen LogP contribution in [0.4, 0.5) is 0 Å². The summed E-state index contributed by atoms with van der Waals surface area (Å²) in [6.07, 6.45) is 4.97. The van der Waals surface area contributed by atoms with Gasteiger partial charge in [0.05, 0.1) is 11.4 Å². The number of hydrogen-bond donors (Lipinski definition) is 1. The summed E-state index contributed by atoms with van der Waals surface area (Å²) in [5.74, 6) is 0.544. The average molecular weight is 333 g/mol. The number of pyridine rings is 2. The van der Waals surface area contributed by atoms with Crippen molar-refractivity contribution >= 4 is 0 Å². The van der Waals surface area contributed by atoms with Crippen molar-refractivity contribution in [2.24, 2.45) is 0 Å². The van der Waals surface area contributed by atoms with Crippen molar-refractivity contribution in [1.29, 1.82) is 0 Å². The Morgan fingerprint density at radius 3 is 2.56 bits per heavy atom. The Balaban J connectivity index is 1.57. The molecule has 0 saturated heterocycles. The first-order valence-electron chi connectivity index (χ1n) is 8.45. The van der Waals surface area contributed by atoms with Gasteiger partial charge in [-0.05, 0) is 30.7 Å². The van der Waals surface area contributed by atoms with Crippen LogP contribution in [-0.4, -0.2) is 37.9 Å². The van der Waals surface area contributed by atoms with Crippen molar-refractivity contribution in [1.82, 2.24) is 24.8 Å². The third-order valence-corrected chi connectivity index (χ3v) is 4.46. The van der Waals surface area contributed by atoms with E-state index in [4.69, 9.17) is 0 Å². The molecular formula is C19H19N5O. The molecule has 0 aromatic carbocycles. The van der Waals surface area contributed by atoms with Crippen LogP contribution in [0.3, 0.4) is 0 Å². The molecule has 0 radical (unpaired) electrons. The maximum absolute atomic E-state index is 12.5. The van der Waals surface area contributed by atoms with Crippen LogP contribution < -0.4 is 5.56 Å². The molecule has 0 aliphatic carbocycles. The Kier molecular flexibility index (Phi) is 4.35. The Bertz CT molecular complexity index is 908. The first kappa shape index (κ1) is 15.7. The second-order valence-corrected chi connectivity index (χ2v) is 6.15. The van der Waals surface area contributed by atoms with Crippen molar-refractivity contribution in [2.45, 2.75) is 19.4 Å². The van der Waals surface area contributed by atoms with E-state index < -0.39 is 0 Å². The molecule has 1 aliphatic rings. The van der Waals surface area contributed by atoms with Gasteiger partial charge in [-0.2, -0.15) is 0 Å². The molecule has 6 heteroatoms. The fourth-order valence-electron chi connectivity index (χ4n) is 3.16. The summed E-state index contributed by atoms with van der Waals surface area (Å²) in [4.78, 5) is 31.1.